The van der Waals surface area contributed by atoms with Crippen molar-refractivity contribution in [1.29, 1.82) is 0 Å². The van der Waals surface area contributed by atoms with Crippen molar-refractivity contribution in [1.82, 2.24) is 4.90 Å². The summed E-state index contributed by atoms with van der Waals surface area (Å²) in [7, 11) is 0. The van der Waals surface area contributed by atoms with Gasteiger partial charge in [-0.25, -0.2) is 0 Å². The van der Waals surface area contributed by atoms with Gasteiger partial charge in [0, 0.05) is 6.54 Å². The van der Waals surface area contributed by atoms with Crippen LogP contribution in [0.25, 0.3) is 0 Å². The van der Waals surface area contributed by atoms with Gasteiger partial charge >= 0.3 is 5.97 Å². The van der Waals surface area contributed by atoms with E-state index in [1.54, 1.807) is 0 Å². The van der Waals surface area contributed by atoms with E-state index >= 15 is 0 Å². The Bertz CT molecular complexity index is 253. The van der Waals surface area contributed by atoms with Gasteiger partial charge < -0.3 is 10.0 Å². The molecule has 1 saturated heterocycles. The lowest BCUT2D eigenvalue weighted by molar-refractivity contribution is -0.140. The van der Waals surface area contributed by atoms with E-state index in [0.717, 1.165) is 19.4 Å². The summed E-state index contributed by atoms with van der Waals surface area (Å²) in [5.41, 5.74) is 0.0847. The molecule has 1 N–H and O–H groups in total. The Labute approximate surface area is 104 Å². The van der Waals surface area contributed by atoms with Crippen molar-refractivity contribution < 1.29 is 9.90 Å². The van der Waals surface area contributed by atoms with Crippen LogP contribution >= 0.6 is 0 Å². The van der Waals surface area contributed by atoms with E-state index < -0.39 is 5.97 Å². The van der Waals surface area contributed by atoms with Crippen LogP contribution in [0.3, 0.4) is 0 Å². The molecule has 2 fully saturated rings. The zero-order valence-corrected chi connectivity index (χ0v) is 10.8. The molecule has 1 heterocycles. The largest absolute Gasteiger partial charge is 0.481 e. The monoisotopic (exact) mass is 239 g/mol. The van der Waals surface area contributed by atoms with Crippen LogP contribution in [0, 0.1) is 5.41 Å². The molecule has 3 nitrogen and oxygen atoms in total. The maximum absolute atomic E-state index is 11.1. The normalized spacial score (nSPS) is 25.6. The Kier molecular flexibility index (Phi) is 4.43. The summed E-state index contributed by atoms with van der Waals surface area (Å²) < 4.78 is 0. The molecular formula is C14H25NO2. The van der Waals surface area contributed by atoms with Gasteiger partial charge in [0.1, 0.15) is 0 Å². The number of likely N-dealkylation sites (tertiary alicyclic amines) is 1. The number of carboxylic acid groups (broad SMARTS) is 1. The van der Waals surface area contributed by atoms with Gasteiger partial charge in [-0.1, -0.05) is 25.7 Å². The standard InChI is InChI=1S/C14H25NO2/c16-13(17)11-14(7-3-1-4-8-14)12-15-9-5-2-6-10-15/h1-12H2,(H,16,17). The fraction of sp³-hybridized carbons (Fsp3) is 0.929. The van der Waals surface area contributed by atoms with E-state index in [1.807, 2.05) is 0 Å². The molecule has 3 heteroatoms. The first-order valence-corrected chi connectivity index (χ1v) is 7.14. The van der Waals surface area contributed by atoms with Crippen LogP contribution in [0.2, 0.25) is 0 Å². The van der Waals surface area contributed by atoms with E-state index in [9.17, 15) is 4.79 Å². The lowest BCUT2D eigenvalue weighted by atomic mass is 9.71. The highest BCUT2D eigenvalue weighted by molar-refractivity contribution is 5.67. The first-order valence-electron chi connectivity index (χ1n) is 7.14. The van der Waals surface area contributed by atoms with Gasteiger partial charge in [0.2, 0.25) is 0 Å². The fourth-order valence-electron chi connectivity index (χ4n) is 3.61. The lowest BCUT2D eigenvalue weighted by Gasteiger charge is -2.41. The minimum atomic E-state index is -0.607. The van der Waals surface area contributed by atoms with E-state index in [4.69, 9.17) is 5.11 Å². The highest BCUT2D eigenvalue weighted by Gasteiger charge is 2.36. The van der Waals surface area contributed by atoms with Gasteiger partial charge in [-0.05, 0) is 44.2 Å². The van der Waals surface area contributed by atoms with E-state index in [2.05, 4.69) is 4.90 Å². The average molecular weight is 239 g/mol. The van der Waals surface area contributed by atoms with Crippen molar-refractivity contribution in [3.05, 3.63) is 0 Å². The van der Waals surface area contributed by atoms with Gasteiger partial charge in [0.05, 0.1) is 6.42 Å². The molecule has 0 aromatic heterocycles. The molecule has 2 aliphatic rings. The SMILES string of the molecule is O=C(O)CC1(CN2CCCCC2)CCCCC1. The number of nitrogens with zero attached hydrogens (tertiary/aromatic N) is 1. The number of hydrogen-bond donors (Lipinski definition) is 1. The maximum Gasteiger partial charge on any atom is 0.303 e. The Morgan fingerprint density at radius 3 is 2.18 bits per heavy atom. The molecule has 1 aliphatic heterocycles. The zero-order chi connectivity index (χ0) is 12.1. The van der Waals surface area contributed by atoms with Crippen molar-refractivity contribution in [2.75, 3.05) is 19.6 Å². The van der Waals surface area contributed by atoms with Crippen LogP contribution in [0.1, 0.15) is 57.8 Å². The first kappa shape index (κ1) is 12.9. The fourth-order valence-corrected chi connectivity index (χ4v) is 3.61. The Morgan fingerprint density at radius 1 is 1.00 bits per heavy atom. The number of hydrogen-bond acceptors (Lipinski definition) is 2. The van der Waals surface area contributed by atoms with Crippen molar-refractivity contribution >= 4 is 5.97 Å². The molecule has 17 heavy (non-hydrogen) atoms. The second-order valence-electron chi connectivity index (χ2n) is 5.97. The molecule has 98 valence electrons. The van der Waals surface area contributed by atoms with Crippen LogP contribution < -0.4 is 0 Å². The predicted octanol–water partition coefficient (Wildman–Crippen LogP) is 2.90. The lowest BCUT2D eigenvalue weighted by Crippen LogP contribution is -2.42. The Balaban J connectivity index is 1.95. The zero-order valence-electron chi connectivity index (χ0n) is 10.8. The summed E-state index contributed by atoms with van der Waals surface area (Å²) in [6.07, 6.45) is 10.3. The second-order valence-corrected chi connectivity index (χ2v) is 5.97. The molecule has 0 unspecified atom stereocenters. The third-order valence-corrected chi connectivity index (χ3v) is 4.45. The van der Waals surface area contributed by atoms with Crippen LogP contribution in [0.5, 0.6) is 0 Å². The summed E-state index contributed by atoms with van der Waals surface area (Å²) in [5.74, 6) is -0.607. The highest BCUT2D eigenvalue weighted by Crippen LogP contribution is 2.40. The molecular weight excluding hydrogens is 214 g/mol. The molecule has 0 bridgehead atoms. The molecule has 0 amide bonds. The smallest absolute Gasteiger partial charge is 0.303 e. The van der Waals surface area contributed by atoms with Gasteiger partial charge in [-0.3, -0.25) is 4.79 Å². The number of rotatable bonds is 4. The first-order chi connectivity index (χ1) is 8.20. The van der Waals surface area contributed by atoms with Crippen LogP contribution in [0.15, 0.2) is 0 Å². The average Bonchev–Trinajstić information content (AvgIpc) is 2.30. The minimum absolute atomic E-state index is 0.0847. The van der Waals surface area contributed by atoms with Gasteiger partial charge in [-0.2, -0.15) is 0 Å². The number of carbonyl (C=O) groups is 1. The van der Waals surface area contributed by atoms with Crippen LogP contribution in [-0.2, 0) is 4.79 Å². The summed E-state index contributed by atoms with van der Waals surface area (Å²) in [5, 5.41) is 9.14. The van der Waals surface area contributed by atoms with Gasteiger partial charge in [-0.15, -0.1) is 0 Å². The van der Waals surface area contributed by atoms with Gasteiger partial charge in [0.25, 0.3) is 0 Å². The summed E-state index contributed by atoms with van der Waals surface area (Å²) >= 11 is 0. The number of aliphatic carboxylic acids is 1. The third kappa shape index (κ3) is 3.70. The Hall–Kier alpha value is -0.570. The minimum Gasteiger partial charge on any atom is -0.481 e. The third-order valence-electron chi connectivity index (χ3n) is 4.45. The quantitative estimate of drug-likeness (QED) is 0.820. The molecule has 1 saturated carbocycles. The molecule has 0 aromatic rings. The molecule has 1 aliphatic carbocycles. The van der Waals surface area contributed by atoms with Crippen molar-refractivity contribution in [3.8, 4) is 0 Å². The van der Waals surface area contributed by atoms with Crippen LogP contribution in [-0.4, -0.2) is 35.6 Å². The van der Waals surface area contributed by atoms with Crippen molar-refractivity contribution in [2.24, 2.45) is 5.41 Å². The summed E-state index contributed by atoms with van der Waals surface area (Å²) in [6.45, 7) is 3.39. The predicted molar refractivity (Wildman–Crippen MR) is 68.1 cm³/mol. The van der Waals surface area contributed by atoms with E-state index in [0.29, 0.717) is 6.42 Å². The molecule has 0 atom stereocenters. The topological polar surface area (TPSA) is 40.5 Å². The Morgan fingerprint density at radius 2 is 1.59 bits per heavy atom. The van der Waals surface area contributed by atoms with Crippen LogP contribution in [0.4, 0.5) is 0 Å². The molecule has 2 rings (SSSR count). The van der Waals surface area contributed by atoms with E-state index in [-0.39, 0.29) is 5.41 Å². The molecule has 0 aromatic carbocycles. The van der Waals surface area contributed by atoms with Gasteiger partial charge in [0.15, 0.2) is 0 Å². The number of carboxylic acids is 1. The second kappa shape index (κ2) is 5.85. The maximum atomic E-state index is 11.1. The highest BCUT2D eigenvalue weighted by atomic mass is 16.4. The van der Waals surface area contributed by atoms with E-state index in [1.165, 1.54) is 51.6 Å². The van der Waals surface area contributed by atoms with Crippen molar-refractivity contribution in [2.45, 2.75) is 57.8 Å². The number of piperidine rings is 1. The summed E-state index contributed by atoms with van der Waals surface area (Å²) in [4.78, 5) is 13.6. The molecule has 0 radical (unpaired) electrons. The summed E-state index contributed by atoms with van der Waals surface area (Å²) in [6, 6.07) is 0. The molecule has 0 spiro atoms. The van der Waals surface area contributed by atoms with Crippen molar-refractivity contribution in [3.63, 3.8) is 0 Å².